The normalized spacial score (nSPS) is 37.5. The number of ether oxygens (including phenoxy) is 2. The van der Waals surface area contributed by atoms with Crippen molar-refractivity contribution in [3.05, 3.63) is 0 Å². The average Bonchev–Trinajstić information content (AvgIpc) is 2.81. The lowest BCUT2D eigenvalue weighted by Crippen LogP contribution is -2.23. The standard InChI is InChI=1S/C10H16O3/c1-2-13-9(11)8-6-10(8)4-3-5-12-7-10/h8H,2-7H2,1H3. The van der Waals surface area contributed by atoms with Gasteiger partial charge in [0.15, 0.2) is 0 Å². The summed E-state index contributed by atoms with van der Waals surface area (Å²) in [4.78, 5) is 11.4. The molecule has 1 saturated carbocycles. The van der Waals surface area contributed by atoms with E-state index in [4.69, 9.17) is 9.47 Å². The van der Waals surface area contributed by atoms with Crippen LogP contribution in [0.2, 0.25) is 0 Å². The third kappa shape index (κ3) is 1.57. The average molecular weight is 184 g/mol. The Morgan fingerprint density at radius 1 is 1.69 bits per heavy atom. The molecule has 2 rings (SSSR count). The Kier molecular flexibility index (Phi) is 2.28. The quantitative estimate of drug-likeness (QED) is 0.608. The molecule has 1 saturated heterocycles. The second-order valence-corrected chi connectivity index (χ2v) is 4.03. The highest BCUT2D eigenvalue weighted by Gasteiger charge is 2.59. The van der Waals surface area contributed by atoms with E-state index in [1.165, 1.54) is 0 Å². The fourth-order valence-corrected chi connectivity index (χ4v) is 2.23. The number of hydrogen-bond donors (Lipinski definition) is 0. The SMILES string of the molecule is CCOC(=O)C1CC12CCCOC2. The lowest BCUT2D eigenvalue weighted by atomic mass is 9.96. The van der Waals surface area contributed by atoms with Gasteiger partial charge in [-0.2, -0.15) is 0 Å². The van der Waals surface area contributed by atoms with E-state index in [0.29, 0.717) is 6.61 Å². The van der Waals surface area contributed by atoms with Gasteiger partial charge in [0, 0.05) is 12.0 Å². The molecule has 0 aromatic heterocycles. The van der Waals surface area contributed by atoms with Crippen LogP contribution in [-0.4, -0.2) is 25.8 Å². The summed E-state index contributed by atoms with van der Waals surface area (Å²) in [7, 11) is 0. The third-order valence-electron chi connectivity index (χ3n) is 3.11. The molecule has 1 aliphatic heterocycles. The first kappa shape index (κ1) is 9.00. The minimum atomic E-state index is -0.0204. The first-order valence-electron chi connectivity index (χ1n) is 5.03. The molecule has 1 aliphatic carbocycles. The van der Waals surface area contributed by atoms with Crippen LogP contribution in [0.4, 0.5) is 0 Å². The van der Waals surface area contributed by atoms with Crippen LogP contribution in [0.1, 0.15) is 26.2 Å². The Morgan fingerprint density at radius 2 is 2.54 bits per heavy atom. The van der Waals surface area contributed by atoms with Crippen LogP contribution in [0.25, 0.3) is 0 Å². The second kappa shape index (κ2) is 3.29. The highest BCUT2D eigenvalue weighted by molar-refractivity contribution is 5.77. The first-order valence-corrected chi connectivity index (χ1v) is 5.03. The van der Waals surface area contributed by atoms with Gasteiger partial charge in [0.25, 0.3) is 0 Å². The Balaban J connectivity index is 1.88. The van der Waals surface area contributed by atoms with Gasteiger partial charge in [-0.25, -0.2) is 0 Å². The maximum absolute atomic E-state index is 11.4. The minimum Gasteiger partial charge on any atom is -0.466 e. The smallest absolute Gasteiger partial charge is 0.309 e. The molecular weight excluding hydrogens is 168 g/mol. The van der Waals surface area contributed by atoms with Crippen molar-refractivity contribution in [3.8, 4) is 0 Å². The van der Waals surface area contributed by atoms with Gasteiger partial charge in [-0.15, -0.1) is 0 Å². The highest BCUT2D eigenvalue weighted by Crippen LogP contribution is 2.57. The summed E-state index contributed by atoms with van der Waals surface area (Å²) in [6.45, 7) is 3.96. The van der Waals surface area contributed by atoms with E-state index >= 15 is 0 Å². The third-order valence-corrected chi connectivity index (χ3v) is 3.11. The van der Waals surface area contributed by atoms with E-state index in [0.717, 1.165) is 32.5 Å². The van der Waals surface area contributed by atoms with Gasteiger partial charge in [0.2, 0.25) is 0 Å². The lowest BCUT2D eigenvalue weighted by Gasteiger charge is -2.22. The lowest BCUT2D eigenvalue weighted by molar-refractivity contribution is -0.146. The Bertz CT molecular complexity index is 206. The number of carbonyl (C=O) groups excluding carboxylic acids is 1. The van der Waals surface area contributed by atoms with Crippen LogP contribution in [0.15, 0.2) is 0 Å². The fraction of sp³-hybridized carbons (Fsp3) is 0.900. The number of rotatable bonds is 2. The topological polar surface area (TPSA) is 35.5 Å². The first-order chi connectivity index (χ1) is 6.28. The predicted octanol–water partition coefficient (Wildman–Crippen LogP) is 1.37. The van der Waals surface area contributed by atoms with E-state index in [9.17, 15) is 4.79 Å². The molecule has 2 fully saturated rings. The summed E-state index contributed by atoms with van der Waals surface area (Å²) in [5.41, 5.74) is 0.171. The summed E-state index contributed by atoms with van der Waals surface area (Å²) in [5.74, 6) is 0.112. The van der Waals surface area contributed by atoms with Crippen molar-refractivity contribution < 1.29 is 14.3 Å². The molecule has 0 amide bonds. The van der Waals surface area contributed by atoms with E-state index in [-0.39, 0.29) is 17.3 Å². The Labute approximate surface area is 78.4 Å². The molecule has 2 unspecified atom stereocenters. The predicted molar refractivity (Wildman–Crippen MR) is 47.2 cm³/mol. The summed E-state index contributed by atoms with van der Waals surface area (Å²) < 4.78 is 10.4. The maximum Gasteiger partial charge on any atom is 0.309 e. The molecule has 0 aromatic rings. The summed E-state index contributed by atoms with van der Waals surface area (Å²) >= 11 is 0. The minimum absolute atomic E-state index is 0.0204. The van der Waals surface area contributed by atoms with Crippen LogP contribution >= 0.6 is 0 Å². The van der Waals surface area contributed by atoms with E-state index in [1.807, 2.05) is 6.92 Å². The number of esters is 1. The molecule has 3 nitrogen and oxygen atoms in total. The highest BCUT2D eigenvalue weighted by atomic mass is 16.5. The van der Waals surface area contributed by atoms with Crippen LogP contribution in [0, 0.1) is 11.3 Å². The molecule has 0 radical (unpaired) electrons. The van der Waals surface area contributed by atoms with Gasteiger partial charge in [0.1, 0.15) is 0 Å². The van der Waals surface area contributed by atoms with E-state index in [2.05, 4.69) is 0 Å². The molecule has 3 heteroatoms. The number of hydrogen-bond acceptors (Lipinski definition) is 3. The Morgan fingerprint density at radius 3 is 3.15 bits per heavy atom. The van der Waals surface area contributed by atoms with Crippen LogP contribution in [0.5, 0.6) is 0 Å². The molecule has 1 heterocycles. The zero-order valence-corrected chi connectivity index (χ0v) is 8.04. The van der Waals surface area contributed by atoms with Crippen molar-refractivity contribution in [2.45, 2.75) is 26.2 Å². The van der Waals surface area contributed by atoms with Crippen LogP contribution in [-0.2, 0) is 14.3 Å². The zero-order valence-electron chi connectivity index (χ0n) is 8.04. The molecule has 0 bridgehead atoms. The van der Waals surface area contributed by atoms with Crippen molar-refractivity contribution in [2.24, 2.45) is 11.3 Å². The van der Waals surface area contributed by atoms with E-state index in [1.54, 1.807) is 0 Å². The Hall–Kier alpha value is -0.570. The molecule has 2 atom stereocenters. The van der Waals surface area contributed by atoms with Gasteiger partial charge < -0.3 is 9.47 Å². The van der Waals surface area contributed by atoms with E-state index < -0.39 is 0 Å². The monoisotopic (exact) mass is 184 g/mol. The zero-order chi connectivity index (χ0) is 9.31. The van der Waals surface area contributed by atoms with Gasteiger partial charge in [-0.1, -0.05) is 0 Å². The van der Waals surface area contributed by atoms with Crippen LogP contribution < -0.4 is 0 Å². The van der Waals surface area contributed by atoms with Gasteiger partial charge >= 0.3 is 5.97 Å². The maximum atomic E-state index is 11.4. The van der Waals surface area contributed by atoms with Crippen molar-refractivity contribution >= 4 is 5.97 Å². The summed E-state index contributed by atoms with van der Waals surface area (Å²) in [6, 6.07) is 0. The van der Waals surface area contributed by atoms with Crippen molar-refractivity contribution in [1.82, 2.24) is 0 Å². The molecular formula is C10H16O3. The van der Waals surface area contributed by atoms with Gasteiger partial charge in [0.05, 0.1) is 19.1 Å². The summed E-state index contributed by atoms with van der Waals surface area (Å²) in [5, 5.41) is 0. The van der Waals surface area contributed by atoms with Gasteiger partial charge in [-0.3, -0.25) is 4.79 Å². The van der Waals surface area contributed by atoms with Crippen molar-refractivity contribution in [2.75, 3.05) is 19.8 Å². The van der Waals surface area contributed by atoms with Crippen molar-refractivity contribution in [3.63, 3.8) is 0 Å². The molecule has 1 spiro atoms. The molecule has 0 aromatic carbocycles. The van der Waals surface area contributed by atoms with Crippen LogP contribution in [0.3, 0.4) is 0 Å². The molecule has 13 heavy (non-hydrogen) atoms. The largest absolute Gasteiger partial charge is 0.466 e. The second-order valence-electron chi connectivity index (χ2n) is 4.03. The number of carbonyl (C=O) groups is 1. The molecule has 74 valence electrons. The fourth-order valence-electron chi connectivity index (χ4n) is 2.23. The molecule has 0 N–H and O–H groups in total. The van der Waals surface area contributed by atoms with Crippen molar-refractivity contribution in [1.29, 1.82) is 0 Å². The molecule has 2 aliphatic rings. The summed E-state index contributed by atoms with van der Waals surface area (Å²) in [6.07, 6.45) is 3.21. The van der Waals surface area contributed by atoms with Gasteiger partial charge in [-0.05, 0) is 26.2 Å².